The highest BCUT2D eigenvalue weighted by Gasteiger charge is 2.33. The summed E-state index contributed by atoms with van der Waals surface area (Å²) in [5, 5.41) is 0. The molecule has 104 valence electrons. The van der Waals surface area contributed by atoms with Gasteiger partial charge in [-0.25, -0.2) is 0 Å². The lowest BCUT2D eigenvalue weighted by molar-refractivity contribution is 0.0181. The zero-order valence-corrected chi connectivity index (χ0v) is 12.4. The molecule has 0 aromatic carbocycles. The van der Waals surface area contributed by atoms with Crippen molar-refractivity contribution < 1.29 is 9.53 Å². The Hall–Kier alpha value is -1.59. The molecule has 1 fully saturated rings. The van der Waals surface area contributed by atoms with Crippen molar-refractivity contribution in [2.45, 2.75) is 13.0 Å². The first-order chi connectivity index (χ1) is 9.61. The highest BCUT2D eigenvalue weighted by Crippen LogP contribution is 2.25. The number of hydrogen-bond donors (Lipinski definition) is 0. The molecule has 2 aromatic rings. The SMILES string of the molecule is Cc1cc(OC2CN(C(=O)c3ccc(Cl)s3)C2)ccn1. The maximum atomic E-state index is 12.1. The van der Waals surface area contributed by atoms with Crippen LogP contribution in [0.1, 0.15) is 15.4 Å². The molecule has 0 aliphatic carbocycles. The van der Waals surface area contributed by atoms with Gasteiger partial charge in [0.2, 0.25) is 0 Å². The molecule has 3 rings (SSSR count). The molecule has 6 heteroatoms. The Kier molecular flexibility index (Phi) is 3.63. The zero-order chi connectivity index (χ0) is 14.1. The normalized spacial score (nSPS) is 15.0. The van der Waals surface area contributed by atoms with Crippen LogP contribution in [0.5, 0.6) is 5.75 Å². The summed E-state index contributed by atoms with van der Waals surface area (Å²) in [6.07, 6.45) is 1.77. The van der Waals surface area contributed by atoms with Crippen LogP contribution in [0, 0.1) is 6.92 Å². The fraction of sp³-hybridized carbons (Fsp3) is 0.286. The fourth-order valence-electron chi connectivity index (χ4n) is 2.05. The fourth-order valence-corrected chi connectivity index (χ4v) is 3.06. The van der Waals surface area contributed by atoms with Crippen molar-refractivity contribution in [2.24, 2.45) is 0 Å². The number of rotatable bonds is 3. The van der Waals surface area contributed by atoms with E-state index in [0.29, 0.717) is 22.3 Å². The summed E-state index contributed by atoms with van der Waals surface area (Å²) in [4.78, 5) is 18.7. The summed E-state index contributed by atoms with van der Waals surface area (Å²) in [6.45, 7) is 3.13. The van der Waals surface area contributed by atoms with Crippen molar-refractivity contribution in [1.82, 2.24) is 9.88 Å². The molecule has 0 atom stereocenters. The van der Waals surface area contributed by atoms with Gasteiger partial charge in [0.25, 0.3) is 5.91 Å². The second-order valence-corrected chi connectivity index (χ2v) is 6.40. The van der Waals surface area contributed by atoms with Crippen LogP contribution < -0.4 is 4.74 Å². The monoisotopic (exact) mass is 308 g/mol. The molecule has 1 aliphatic rings. The van der Waals surface area contributed by atoms with E-state index in [0.717, 1.165) is 11.4 Å². The van der Waals surface area contributed by atoms with Crippen molar-refractivity contribution in [3.8, 4) is 5.75 Å². The van der Waals surface area contributed by atoms with E-state index in [1.54, 1.807) is 23.2 Å². The van der Waals surface area contributed by atoms with Crippen LogP contribution in [-0.2, 0) is 0 Å². The Morgan fingerprint density at radius 3 is 2.90 bits per heavy atom. The number of nitrogens with zero attached hydrogens (tertiary/aromatic N) is 2. The lowest BCUT2D eigenvalue weighted by Gasteiger charge is -2.38. The Bertz CT molecular complexity index is 638. The van der Waals surface area contributed by atoms with Gasteiger partial charge in [-0.05, 0) is 25.1 Å². The Morgan fingerprint density at radius 1 is 1.45 bits per heavy atom. The third kappa shape index (κ3) is 2.78. The van der Waals surface area contributed by atoms with Crippen molar-refractivity contribution in [3.63, 3.8) is 0 Å². The van der Waals surface area contributed by atoms with Crippen LogP contribution in [0.3, 0.4) is 0 Å². The highest BCUT2D eigenvalue weighted by atomic mass is 35.5. The Morgan fingerprint density at radius 2 is 2.25 bits per heavy atom. The highest BCUT2D eigenvalue weighted by molar-refractivity contribution is 7.17. The van der Waals surface area contributed by atoms with Crippen LogP contribution in [0.15, 0.2) is 30.5 Å². The molecule has 0 radical (unpaired) electrons. The summed E-state index contributed by atoms with van der Waals surface area (Å²) in [7, 11) is 0. The Balaban J connectivity index is 1.55. The minimum Gasteiger partial charge on any atom is -0.487 e. The average Bonchev–Trinajstić information content (AvgIpc) is 2.79. The molecule has 1 amide bonds. The van der Waals surface area contributed by atoms with E-state index in [9.17, 15) is 4.79 Å². The third-order valence-electron chi connectivity index (χ3n) is 3.09. The predicted octanol–water partition coefficient (Wildman–Crippen LogP) is 3.01. The number of pyridine rings is 1. The molecule has 0 saturated carbocycles. The summed E-state index contributed by atoms with van der Waals surface area (Å²) in [5.41, 5.74) is 0.919. The molecule has 4 nitrogen and oxygen atoms in total. The topological polar surface area (TPSA) is 42.4 Å². The molecule has 20 heavy (non-hydrogen) atoms. The van der Waals surface area contributed by atoms with Gasteiger partial charge in [-0.2, -0.15) is 0 Å². The maximum absolute atomic E-state index is 12.1. The van der Waals surface area contributed by atoms with Crippen molar-refractivity contribution in [3.05, 3.63) is 45.4 Å². The van der Waals surface area contributed by atoms with E-state index in [2.05, 4.69) is 4.98 Å². The lowest BCUT2D eigenvalue weighted by atomic mass is 10.1. The van der Waals surface area contributed by atoms with E-state index in [1.807, 2.05) is 19.1 Å². The molecule has 0 unspecified atom stereocenters. The molecule has 0 bridgehead atoms. The minimum atomic E-state index is 0.0210. The molecular weight excluding hydrogens is 296 g/mol. The van der Waals surface area contributed by atoms with Gasteiger partial charge < -0.3 is 9.64 Å². The number of likely N-dealkylation sites (tertiary alicyclic amines) is 1. The van der Waals surface area contributed by atoms with E-state index >= 15 is 0 Å². The second kappa shape index (κ2) is 5.42. The quantitative estimate of drug-likeness (QED) is 0.875. The number of aryl methyl sites for hydroxylation is 1. The second-order valence-electron chi connectivity index (χ2n) is 4.69. The molecule has 3 heterocycles. The van der Waals surface area contributed by atoms with E-state index in [4.69, 9.17) is 16.3 Å². The molecule has 2 aromatic heterocycles. The molecular formula is C14H13ClN2O2S. The van der Waals surface area contributed by atoms with Crippen molar-refractivity contribution >= 4 is 28.8 Å². The molecule has 1 aliphatic heterocycles. The van der Waals surface area contributed by atoms with Crippen LogP contribution in [0.25, 0.3) is 0 Å². The first-order valence-electron chi connectivity index (χ1n) is 6.26. The van der Waals surface area contributed by atoms with Crippen molar-refractivity contribution in [1.29, 1.82) is 0 Å². The number of carbonyl (C=O) groups excluding carboxylic acids is 1. The summed E-state index contributed by atoms with van der Waals surface area (Å²) < 4.78 is 6.43. The van der Waals surface area contributed by atoms with Crippen molar-refractivity contribution in [2.75, 3.05) is 13.1 Å². The number of carbonyl (C=O) groups is 1. The van der Waals surface area contributed by atoms with Crippen LogP contribution >= 0.6 is 22.9 Å². The summed E-state index contributed by atoms with van der Waals surface area (Å²) >= 11 is 7.14. The Labute approximate surface area is 126 Å². The van der Waals surface area contributed by atoms with Gasteiger partial charge in [0.1, 0.15) is 11.9 Å². The van der Waals surface area contributed by atoms with Gasteiger partial charge in [0.05, 0.1) is 22.3 Å². The van der Waals surface area contributed by atoms with Gasteiger partial charge in [-0.15, -0.1) is 11.3 Å². The maximum Gasteiger partial charge on any atom is 0.264 e. The number of amides is 1. The van der Waals surface area contributed by atoms with Gasteiger partial charge in [-0.1, -0.05) is 11.6 Å². The van der Waals surface area contributed by atoms with Gasteiger partial charge >= 0.3 is 0 Å². The number of hydrogen-bond acceptors (Lipinski definition) is 4. The number of thiophene rings is 1. The predicted molar refractivity (Wildman–Crippen MR) is 78.6 cm³/mol. The lowest BCUT2D eigenvalue weighted by Crippen LogP contribution is -2.56. The van der Waals surface area contributed by atoms with Gasteiger partial charge in [0.15, 0.2) is 0 Å². The largest absolute Gasteiger partial charge is 0.487 e. The average molecular weight is 309 g/mol. The molecule has 1 saturated heterocycles. The summed E-state index contributed by atoms with van der Waals surface area (Å²) in [6, 6.07) is 7.22. The molecule has 0 N–H and O–H groups in total. The van der Waals surface area contributed by atoms with Gasteiger partial charge in [-0.3, -0.25) is 9.78 Å². The van der Waals surface area contributed by atoms with E-state index < -0.39 is 0 Å². The van der Waals surface area contributed by atoms with Crippen LogP contribution in [0.4, 0.5) is 0 Å². The summed E-state index contributed by atoms with van der Waals surface area (Å²) in [5.74, 6) is 0.821. The number of ether oxygens (including phenoxy) is 1. The van der Waals surface area contributed by atoms with Gasteiger partial charge in [0, 0.05) is 18.0 Å². The minimum absolute atomic E-state index is 0.0210. The first-order valence-corrected chi connectivity index (χ1v) is 7.45. The van der Waals surface area contributed by atoms with E-state index in [1.165, 1.54) is 11.3 Å². The van der Waals surface area contributed by atoms with Crippen LogP contribution in [-0.4, -0.2) is 35.0 Å². The van der Waals surface area contributed by atoms with Crippen LogP contribution in [0.2, 0.25) is 4.34 Å². The standard InChI is InChI=1S/C14H13ClN2O2S/c1-9-6-10(4-5-16-9)19-11-7-17(8-11)14(18)12-2-3-13(15)20-12/h2-6,11H,7-8H2,1H3. The number of aromatic nitrogens is 1. The first kappa shape index (κ1) is 13.4. The number of halogens is 1. The zero-order valence-electron chi connectivity index (χ0n) is 10.9. The molecule has 0 spiro atoms. The third-order valence-corrected chi connectivity index (χ3v) is 4.31. The van der Waals surface area contributed by atoms with E-state index in [-0.39, 0.29) is 12.0 Å². The smallest absolute Gasteiger partial charge is 0.264 e.